The molecule has 1 unspecified atom stereocenters. The second-order valence-electron chi connectivity index (χ2n) is 5.84. The highest BCUT2D eigenvalue weighted by molar-refractivity contribution is 5.96. The van der Waals surface area contributed by atoms with Crippen LogP contribution in [-0.4, -0.2) is 22.1 Å². The predicted molar refractivity (Wildman–Crippen MR) is 86.8 cm³/mol. The fourth-order valence-electron chi connectivity index (χ4n) is 3.38. The number of nitrogens with zero attached hydrogens (tertiary/aromatic N) is 1. The van der Waals surface area contributed by atoms with Gasteiger partial charge in [0.25, 0.3) is 5.56 Å². The molecule has 0 saturated heterocycles. The molecule has 0 saturated carbocycles. The van der Waals surface area contributed by atoms with Crippen LogP contribution in [0.2, 0.25) is 0 Å². The van der Waals surface area contributed by atoms with Crippen LogP contribution in [-0.2, 0) is 16.1 Å². The number of aromatic amines is 1. The maximum Gasteiger partial charge on any atom is 0.337 e. The summed E-state index contributed by atoms with van der Waals surface area (Å²) in [6.45, 7) is 2.14. The average Bonchev–Trinajstić information content (AvgIpc) is 2.95. The van der Waals surface area contributed by atoms with E-state index in [1.54, 1.807) is 6.92 Å². The summed E-state index contributed by atoms with van der Waals surface area (Å²) < 4.78 is 19.8. The summed E-state index contributed by atoms with van der Waals surface area (Å²) >= 11 is 0. The van der Waals surface area contributed by atoms with Gasteiger partial charge in [0.2, 0.25) is 0 Å². The van der Waals surface area contributed by atoms with Crippen molar-refractivity contribution in [3.63, 3.8) is 0 Å². The van der Waals surface area contributed by atoms with E-state index in [4.69, 9.17) is 4.74 Å². The summed E-state index contributed by atoms with van der Waals surface area (Å²) in [5.74, 6) is -1.35. The Hall–Kier alpha value is -3.16. The summed E-state index contributed by atoms with van der Waals surface area (Å²) in [4.78, 5) is 39.1. The molecule has 4 rings (SSSR count). The standard InChI is InChI=1S/C17H14FN3O4/c1-2-21-14-13(15(22)20-17(21)24)11(8-3-5-9(18)6-4-8)12-10(19-14)7-25-16(12)23/h3-6,11,19H,2,7H2,1H3,(H,20,22,24). The minimum absolute atomic E-state index is 0.0377. The number of hydrogen-bond acceptors (Lipinski definition) is 5. The van der Waals surface area contributed by atoms with Crippen molar-refractivity contribution in [2.75, 3.05) is 11.9 Å². The number of halogens is 1. The van der Waals surface area contributed by atoms with Crippen molar-refractivity contribution >= 4 is 11.8 Å². The highest BCUT2D eigenvalue weighted by atomic mass is 19.1. The third-order valence-electron chi connectivity index (χ3n) is 4.49. The first-order valence-electron chi connectivity index (χ1n) is 7.81. The second kappa shape index (κ2) is 5.44. The van der Waals surface area contributed by atoms with Crippen molar-refractivity contribution in [3.05, 3.63) is 73.3 Å². The first-order valence-corrected chi connectivity index (χ1v) is 7.81. The average molecular weight is 343 g/mol. The maximum absolute atomic E-state index is 13.3. The van der Waals surface area contributed by atoms with Gasteiger partial charge < -0.3 is 10.1 Å². The van der Waals surface area contributed by atoms with E-state index >= 15 is 0 Å². The topological polar surface area (TPSA) is 93.2 Å². The number of H-pyrrole nitrogens is 1. The van der Waals surface area contributed by atoms with Crippen molar-refractivity contribution in [2.45, 2.75) is 19.4 Å². The second-order valence-corrected chi connectivity index (χ2v) is 5.84. The summed E-state index contributed by atoms with van der Waals surface area (Å²) in [6, 6.07) is 5.57. The number of nitrogens with one attached hydrogen (secondary N) is 2. The number of cyclic esters (lactones) is 1. The fraction of sp³-hybridized carbons (Fsp3) is 0.235. The van der Waals surface area contributed by atoms with E-state index in [9.17, 15) is 18.8 Å². The molecule has 1 aromatic heterocycles. The highest BCUT2D eigenvalue weighted by Gasteiger charge is 2.41. The van der Waals surface area contributed by atoms with Gasteiger partial charge >= 0.3 is 11.7 Å². The number of carbonyl (C=O) groups excluding carboxylic acids is 1. The summed E-state index contributed by atoms with van der Waals surface area (Å²) in [6.07, 6.45) is 0. The molecule has 128 valence electrons. The highest BCUT2D eigenvalue weighted by Crippen LogP contribution is 2.42. The monoisotopic (exact) mass is 343 g/mol. The molecule has 0 radical (unpaired) electrons. The van der Waals surface area contributed by atoms with E-state index < -0.39 is 29.0 Å². The van der Waals surface area contributed by atoms with Crippen LogP contribution in [0.25, 0.3) is 0 Å². The Morgan fingerprint density at radius 1 is 1.24 bits per heavy atom. The molecule has 7 nitrogen and oxygen atoms in total. The van der Waals surface area contributed by atoms with Gasteiger partial charge in [0, 0.05) is 6.54 Å². The molecule has 1 aromatic carbocycles. The lowest BCUT2D eigenvalue weighted by Crippen LogP contribution is -2.38. The van der Waals surface area contributed by atoms with E-state index in [0.29, 0.717) is 29.2 Å². The van der Waals surface area contributed by atoms with Crippen molar-refractivity contribution in [1.29, 1.82) is 0 Å². The van der Waals surface area contributed by atoms with Gasteiger partial charge in [-0.25, -0.2) is 14.0 Å². The van der Waals surface area contributed by atoms with Gasteiger partial charge in [0.15, 0.2) is 0 Å². The molecular formula is C17H14FN3O4. The number of hydrogen-bond donors (Lipinski definition) is 2. The van der Waals surface area contributed by atoms with Gasteiger partial charge in [-0.1, -0.05) is 12.1 Å². The quantitative estimate of drug-likeness (QED) is 0.796. The lowest BCUT2D eigenvalue weighted by Gasteiger charge is -2.27. The summed E-state index contributed by atoms with van der Waals surface area (Å²) in [5.41, 5.74) is 0.515. The van der Waals surface area contributed by atoms with Crippen molar-refractivity contribution in [3.8, 4) is 0 Å². The zero-order valence-corrected chi connectivity index (χ0v) is 13.3. The molecule has 2 N–H and O–H groups in total. The van der Waals surface area contributed by atoms with Gasteiger partial charge in [0.1, 0.15) is 18.2 Å². The number of anilines is 1. The zero-order valence-electron chi connectivity index (χ0n) is 13.3. The van der Waals surface area contributed by atoms with Gasteiger partial charge in [-0.3, -0.25) is 14.3 Å². The molecule has 0 bridgehead atoms. The largest absolute Gasteiger partial charge is 0.456 e. The number of aromatic nitrogens is 2. The summed E-state index contributed by atoms with van der Waals surface area (Å²) in [5, 5.41) is 3.00. The van der Waals surface area contributed by atoms with E-state index in [1.807, 2.05) is 0 Å². The van der Waals surface area contributed by atoms with Crippen LogP contribution in [0.1, 0.15) is 24.0 Å². The van der Waals surface area contributed by atoms with Gasteiger partial charge in [0.05, 0.1) is 22.8 Å². The molecule has 25 heavy (non-hydrogen) atoms. The number of esters is 1. The van der Waals surface area contributed by atoms with Crippen LogP contribution in [0.15, 0.2) is 45.1 Å². The number of rotatable bonds is 2. The van der Waals surface area contributed by atoms with Crippen molar-refractivity contribution < 1.29 is 13.9 Å². The first-order chi connectivity index (χ1) is 12.0. The number of benzene rings is 1. The minimum Gasteiger partial charge on any atom is -0.456 e. The van der Waals surface area contributed by atoms with E-state index in [2.05, 4.69) is 10.3 Å². The van der Waals surface area contributed by atoms with Crippen LogP contribution in [0, 0.1) is 5.82 Å². The molecule has 1 atom stereocenters. The minimum atomic E-state index is -0.732. The predicted octanol–water partition coefficient (Wildman–Crippen LogP) is 1.06. The van der Waals surface area contributed by atoms with Crippen LogP contribution in [0.5, 0.6) is 0 Å². The Balaban J connectivity index is 2.04. The lowest BCUT2D eigenvalue weighted by atomic mass is 9.83. The molecule has 0 spiro atoms. The smallest absolute Gasteiger partial charge is 0.337 e. The Labute approximate surface area is 140 Å². The van der Waals surface area contributed by atoms with Crippen molar-refractivity contribution in [2.24, 2.45) is 0 Å². The van der Waals surface area contributed by atoms with Crippen LogP contribution < -0.4 is 16.6 Å². The van der Waals surface area contributed by atoms with Crippen LogP contribution >= 0.6 is 0 Å². The molecule has 3 heterocycles. The van der Waals surface area contributed by atoms with Crippen LogP contribution in [0.4, 0.5) is 10.2 Å². The Morgan fingerprint density at radius 3 is 2.64 bits per heavy atom. The lowest BCUT2D eigenvalue weighted by molar-refractivity contribution is -0.136. The molecular weight excluding hydrogens is 329 g/mol. The summed E-state index contributed by atoms with van der Waals surface area (Å²) in [7, 11) is 0. The van der Waals surface area contributed by atoms with Gasteiger partial charge in [-0.15, -0.1) is 0 Å². The number of carbonyl (C=O) groups is 1. The van der Waals surface area contributed by atoms with Gasteiger partial charge in [-0.05, 0) is 24.6 Å². The van der Waals surface area contributed by atoms with E-state index in [1.165, 1.54) is 28.8 Å². The molecule has 2 aliphatic rings. The van der Waals surface area contributed by atoms with Crippen molar-refractivity contribution in [1.82, 2.24) is 9.55 Å². The maximum atomic E-state index is 13.3. The fourth-order valence-corrected chi connectivity index (χ4v) is 3.38. The van der Waals surface area contributed by atoms with Crippen LogP contribution in [0.3, 0.4) is 0 Å². The molecule has 0 fully saturated rings. The molecule has 8 heteroatoms. The zero-order chi connectivity index (χ0) is 17.7. The normalized spacial score (nSPS) is 18.5. The third kappa shape index (κ3) is 2.21. The first kappa shape index (κ1) is 15.4. The molecule has 0 amide bonds. The SMILES string of the molecule is CCn1c2c(c(=O)[nH]c1=O)C(c1ccc(F)cc1)C1=C(COC1=O)N2. The Bertz CT molecular complexity index is 1030. The van der Waals surface area contributed by atoms with E-state index in [0.717, 1.165) is 0 Å². The Kier molecular flexibility index (Phi) is 3.34. The third-order valence-corrected chi connectivity index (χ3v) is 4.49. The van der Waals surface area contributed by atoms with E-state index in [-0.39, 0.29) is 12.2 Å². The number of ether oxygens (including phenoxy) is 1. The number of fused-ring (bicyclic) bond motifs is 1. The molecule has 2 aliphatic heterocycles. The van der Waals surface area contributed by atoms with Gasteiger partial charge in [-0.2, -0.15) is 0 Å². The molecule has 2 aromatic rings. The Morgan fingerprint density at radius 2 is 1.96 bits per heavy atom. The molecule has 0 aliphatic carbocycles.